The van der Waals surface area contributed by atoms with Gasteiger partial charge in [-0.05, 0) is 83.5 Å². The van der Waals surface area contributed by atoms with Crippen LogP contribution in [-0.4, -0.2) is 95.1 Å². The van der Waals surface area contributed by atoms with Crippen LogP contribution in [0.4, 0.5) is 0 Å². The predicted octanol–water partition coefficient (Wildman–Crippen LogP) is 4.02. The summed E-state index contributed by atoms with van der Waals surface area (Å²) in [6.45, 7) is 14.0. The van der Waals surface area contributed by atoms with Gasteiger partial charge < -0.3 is 9.47 Å². The molecule has 32 heavy (non-hydrogen) atoms. The van der Waals surface area contributed by atoms with E-state index >= 15 is 0 Å². The summed E-state index contributed by atoms with van der Waals surface area (Å²) in [4.78, 5) is 5.57. The van der Waals surface area contributed by atoms with Crippen LogP contribution in [0, 0.1) is 11.3 Å². The molecule has 5 aliphatic heterocycles. The van der Waals surface area contributed by atoms with Gasteiger partial charge in [-0.15, -0.1) is 0 Å². The van der Waals surface area contributed by atoms with Gasteiger partial charge in [0.05, 0.1) is 24.9 Å². The molecule has 5 heterocycles. The molecule has 1 aliphatic carbocycles. The number of rotatable bonds is 7. The minimum absolute atomic E-state index is 0.109. The van der Waals surface area contributed by atoms with Gasteiger partial charge in [0.15, 0.2) is 0 Å². The first-order valence-corrected chi connectivity index (χ1v) is 14.5. The number of hydrogen-bond donors (Lipinski definition) is 0. The summed E-state index contributed by atoms with van der Waals surface area (Å²) >= 11 is 2.19. The Morgan fingerprint density at radius 3 is 2.53 bits per heavy atom. The van der Waals surface area contributed by atoms with E-state index < -0.39 is 0 Å². The average molecular weight is 464 g/mol. The molecule has 6 rings (SSSR count). The summed E-state index contributed by atoms with van der Waals surface area (Å²) in [6.07, 6.45) is 11.3. The molecule has 6 fully saturated rings. The predicted molar refractivity (Wildman–Crippen MR) is 131 cm³/mol. The molecule has 0 N–H and O–H groups in total. The summed E-state index contributed by atoms with van der Waals surface area (Å²) in [6, 6.07) is 2.61. The van der Waals surface area contributed by atoms with Crippen molar-refractivity contribution in [1.29, 1.82) is 0 Å². The van der Waals surface area contributed by atoms with Gasteiger partial charge in [-0.2, -0.15) is 0 Å². The zero-order valence-corrected chi connectivity index (χ0v) is 21.5. The number of fused-ring (bicyclic) bond motifs is 6. The van der Waals surface area contributed by atoms with Crippen LogP contribution in [0.2, 0.25) is 0 Å². The van der Waals surface area contributed by atoms with Gasteiger partial charge in [-0.3, -0.25) is 9.80 Å². The molecule has 5 nitrogen and oxygen atoms in total. The Morgan fingerprint density at radius 1 is 0.938 bits per heavy atom. The fraction of sp³-hybridized carbons (Fsp3) is 1.00. The topological polar surface area (TPSA) is 28.2 Å². The fourth-order valence-corrected chi connectivity index (χ4v) is 9.62. The van der Waals surface area contributed by atoms with Gasteiger partial charge in [0.2, 0.25) is 0 Å². The second-order valence-electron chi connectivity index (χ2n) is 12.6. The van der Waals surface area contributed by atoms with Gasteiger partial charge in [0, 0.05) is 56.1 Å². The molecule has 1 saturated carbocycles. The van der Waals surface area contributed by atoms with Crippen molar-refractivity contribution in [3.8, 4) is 0 Å². The lowest BCUT2D eigenvalue weighted by Crippen LogP contribution is -2.56. The molecule has 7 atom stereocenters. The normalized spacial score (nSPS) is 45.8. The van der Waals surface area contributed by atoms with E-state index in [1.54, 1.807) is 0 Å². The number of morpholine rings is 2. The molecular formula is C26H45N3O2S. The third kappa shape index (κ3) is 4.19. The SMILES string of the molecule is CC(C)N1CC2CCC(CC(C)N3CC4CCC(CSN5C6CCC5COC6)(C4)C3)(C1)O2. The van der Waals surface area contributed by atoms with Crippen LogP contribution < -0.4 is 0 Å². The average Bonchev–Trinajstić information content (AvgIpc) is 3.32. The number of piperidine rings is 1. The maximum Gasteiger partial charge on any atom is 0.0829 e. The fourth-order valence-electron chi connectivity index (χ4n) is 8.09. The second-order valence-corrected chi connectivity index (χ2v) is 13.6. The zero-order chi connectivity index (χ0) is 21.9. The van der Waals surface area contributed by atoms with Crippen molar-refractivity contribution < 1.29 is 9.47 Å². The summed E-state index contributed by atoms with van der Waals surface area (Å²) in [7, 11) is 0. The maximum absolute atomic E-state index is 6.69. The Kier molecular flexibility index (Phi) is 6.12. The molecule has 6 aliphatic rings. The molecule has 0 aromatic carbocycles. The lowest BCUT2D eigenvalue weighted by Gasteiger charge is -2.48. The van der Waals surface area contributed by atoms with Crippen molar-refractivity contribution in [2.45, 2.75) is 108 Å². The summed E-state index contributed by atoms with van der Waals surface area (Å²) in [5, 5.41) is 0. The largest absolute Gasteiger partial charge is 0.378 e. The minimum atomic E-state index is 0.109. The van der Waals surface area contributed by atoms with E-state index in [2.05, 4.69) is 46.8 Å². The van der Waals surface area contributed by atoms with Crippen LogP contribution in [0.25, 0.3) is 0 Å². The summed E-state index contributed by atoms with van der Waals surface area (Å²) in [5.41, 5.74) is 0.644. The molecule has 5 saturated heterocycles. The molecule has 0 amide bonds. The molecule has 0 aromatic heterocycles. The Bertz CT molecular complexity index is 678. The van der Waals surface area contributed by atoms with Crippen molar-refractivity contribution >= 4 is 11.9 Å². The van der Waals surface area contributed by atoms with E-state index in [1.165, 1.54) is 70.2 Å². The Balaban J connectivity index is 1.09. The Morgan fingerprint density at radius 2 is 1.75 bits per heavy atom. The lowest BCUT2D eigenvalue weighted by molar-refractivity contribution is -0.129. The Labute approximate surface area is 200 Å². The number of ether oxygens (including phenoxy) is 2. The van der Waals surface area contributed by atoms with Crippen molar-refractivity contribution in [1.82, 2.24) is 14.1 Å². The van der Waals surface area contributed by atoms with Gasteiger partial charge in [0.1, 0.15) is 0 Å². The summed E-state index contributed by atoms with van der Waals surface area (Å²) < 4.78 is 15.3. The van der Waals surface area contributed by atoms with E-state index in [0.29, 0.717) is 35.7 Å². The van der Waals surface area contributed by atoms with E-state index in [-0.39, 0.29) is 5.60 Å². The zero-order valence-electron chi connectivity index (χ0n) is 20.6. The van der Waals surface area contributed by atoms with E-state index in [0.717, 1.165) is 32.2 Å². The smallest absolute Gasteiger partial charge is 0.0829 e. The monoisotopic (exact) mass is 463 g/mol. The van der Waals surface area contributed by atoms with Gasteiger partial charge in [-0.1, -0.05) is 11.9 Å². The van der Waals surface area contributed by atoms with Crippen LogP contribution in [0.3, 0.4) is 0 Å². The molecule has 0 aromatic rings. The van der Waals surface area contributed by atoms with Crippen LogP contribution in [-0.2, 0) is 9.47 Å². The quantitative estimate of drug-likeness (QED) is 0.530. The molecule has 6 bridgehead atoms. The van der Waals surface area contributed by atoms with Crippen LogP contribution in [0.1, 0.15) is 72.1 Å². The highest BCUT2D eigenvalue weighted by molar-refractivity contribution is 7.97. The van der Waals surface area contributed by atoms with Crippen LogP contribution >= 0.6 is 11.9 Å². The van der Waals surface area contributed by atoms with Crippen molar-refractivity contribution in [2.75, 3.05) is 45.1 Å². The third-order valence-electron chi connectivity index (χ3n) is 9.82. The molecule has 6 heteroatoms. The van der Waals surface area contributed by atoms with Crippen molar-refractivity contribution in [2.24, 2.45) is 11.3 Å². The van der Waals surface area contributed by atoms with Crippen molar-refractivity contribution in [3.63, 3.8) is 0 Å². The first-order chi connectivity index (χ1) is 15.4. The van der Waals surface area contributed by atoms with E-state index in [9.17, 15) is 0 Å². The molecule has 0 spiro atoms. The lowest BCUT2D eigenvalue weighted by atomic mass is 9.82. The van der Waals surface area contributed by atoms with Gasteiger partial charge >= 0.3 is 0 Å². The number of hydrogen-bond acceptors (Lipinski definition) is 6. The molecular weight excluding hydrogens is 418 g/mol. The summed E-state index contributed by atoms with van der Waals surface area (Å²) in [5.74, 6) is 2.24. The molecule has 0 radical (unpaired) electrons. The highest BCUT2D eigenvalue weighted by Gasteiger charge is 2.51. The van der Waals surface area contributed by atoms with E-state index in [4.69, 9.17) is 9.47 Å². The standard InChI is InChI=1S/C26H45N3O2S/c1-19(2)27-13-24-7-9-26(17-27,31-24)10-20(3)28-12-21-6-8-25(11-21,16-28)18-32-29-22-4-5-23(29)15-30-14-22/h19-24H,4-18H2,1-3H3. The number of nitrogens with zero attached hydrogens (tertiary/aromatic N) is 3. The maximum atomic E-state index is 6.69. The third-order valence-corrected chi connectivity index (χ3v) is 11.5. The van der Waals surface area contributed by atoms with Crippen LogP contribution in [0.5, 0.6) is 0 Å². The van der Waals surface area contributed by atoms with Crippen LogP contribution in [0.15, 0.2) is 0 Å². The molecule has 7 unspecified atom stereocenters. The highest BCUT2D eigenvalue weighted by atomic mass is 32.2. The first-order valence-electron chi connectivity index (χ1n) is 13.6. The Hall–Kier alpha value is 0.150. The van der Waals surface area contributed by atoms with Gasteiger partial charge in [-0.25, -0.2) is 4.31 Å². The van der Waals surface area contributed by atoms with Gasteiger partial charge in [0.25, 0.3) is 0 Å². The minimum Gasteiger partial charge on any atom is -0.378 e. The first kappa shape index (κ1) is 22.6. The van der Waals surface area contributed by atoms with Crippen molar-refractivity contribution in [3.05, 3.63) is 0 Å². The van der Waals surface area contributed by atoms with E-state index in [1.807, 2.05) is 0 Å². The second kappa shape index (κ2) is 8.67. The highest BCUT2D eigenvalue weighted by Crippen LogP contribution is 2.51. The molecule has 182 valence electrons. The number of likely N-dealkylation sites (tertiary alicyclic amines) is 2.